The Hall–Kier alpha value is -1.11. The molecule has 0 aromatic heterocycles. The molecule has 4 nitrogen and oxygen atoms in total. The van der Waals surface area contributed by atoms with Crippen LogP contribution in [0.5, 0.6) is 5.75 Å². The molecule has 0 aliphatic rings. The standard InChI is InChI=1S/C7H9BFNO3/c9-6-3-1-2-4-7(6)13-8(11)12-5-10/h1-4,11H,5,10H2. The van der Waals surface area contributed by atoms with Crippen molar-refractivity contribution in [2.75, 3.05) is 6.73 Å². The Morgan fingerprint density at radius 3 is 2.77 bits per heavy atom. The van der Waals surface area contributed by atoms with Crippen molar-refractivity contribution in [2.45, 2.75) is 0 Å². The van der Waals surface area contributed by atoms with E-state index in [9.17, 15) is 4.39 Å². The van der Waals surface area contributed by atoms with E-state index in [1.54, 1.807) is 6.07 Å². The Kier molecular flexibility index (Phi) is 3.69. The molecule has 0 aliphatic carbocycles. The molecule has 1 aromatic rings. The Labute approximate surface area is 75.3 Å². The summed E-state index contributed by atoms with van der Waals surface area (Å²) in [4.78, 5) is 0. The number of rotatable bonds is 4. The Balaban J connectivity index is 2.58. The van der Waals surface area contributed by atoms with Crippen LogP contribution in [0.2, 0.25) is 0 Å². The van der Waals surface area contributed by atoms with E-state index in [0.29, 0.717) is 0 Å². The molecule has 0 saturated heterocycles. The predicted molar refractivity (Wildman–Crippen MR) is 45.1 cm³/mol. The first-order chi connectivity index (χ1) is 6.24. The van der Waals surface area contributed by atoms with Crippen LogP contribution in [0, 0.1) is 5.82 Å². The Bertz CT molecular complexity index is 274. The van der Waals surface area contributed by atoms with Gasteiger partial charge in [-0.15, -0.1) is 0 Å². The summed E-state index contributed by atoms with van der Waals surface area (Å²) in [6, 6.07) is 5.68. The van der Waals surface area contributed by atoms with E-state index in [2.05, 4.69) is 9.31 Å². The summed E-state index contributed by atoms with van der Waals surface area (Å²) in [5, 5.41) is 8.94. The van der Waals surface area contributed by atoms with Crippen LogP contribution in [0.25, 0.3) is 0 Å². The number of halogens is 1. The molecule has 0 saturated carbocycles. The van der Waals surface area contributed by atoms with Gasteiger partial charge in [-0.05, 0) is 12.1 Å². The highest BCUT2D eigenvalue weighted by atomic mass is 19.1. The van der Waals surface area contributed by atoms with Gasteiger partial charge in [-0.2, -0.15) is 0 Å². The molecule has 0 heterocycles. The largest absolute Gasteiger partial charge is 0.711 e. The fraction of sp³-hybridized carbons (Fsp3) is 0.143. The van der Waals surface area contributed by atoms with Gasteiger partial charge in [0.25, 0.3) is 0 Å². The third-order valence-corrected chi connectivity index (χ3v) is 1.30. The van der Waals surface area contributed by atoms with Crippen molar-refractivity contribution in [3.8, 4) is 5.75 Å². The average molecular weight is 185 g/mol. The van der Waals surface area contributed by atoms with Crippen molar-refractivity contribution < 1.29 is 18.7 Å². The number of nitrogens with two attached hydrogens (primary N) is 1. The molecule has 3 N–H and O–H groups in total. The normalized spacial score (nSPS) is 9.77. The monoisotopic (exact) mass is 185 g/mol. The zero-order valence-corrected chi connectivity index (χ0v) is 6.81. The molecule has 1 aromatic carbocycles. The molecule has 1 rings (SSSR count). The Morgan fingerprint density at radius 1 is 1.46 bits per heavy atom. The van der Waals surface area contributed by atoms with Gasteiger partial charge < -0.3 is 20.1 Å². The second-order valence-electron chi connectivity index (χ2n) is 2.19. The van der Waals surface area contributed by atoms with Crippen molar-refractivity contribution in [1.82, 2.24) is 0 Å². The number of benzene rings is 1. The van der Waals surface area contributed by atoms with Crippen LogP contribution in [0.1, 0.15) is 0 Å². The lowest BCUT2D eigenvalue weighted by Crippen LogP contribution is -2.29. The van der Waals surface area contributed by atoms with Crippen LogP contribution in [-0.2, 0) is 4.65 Å². The summed E-state index contributed by atoms with van der Waals surface area (Å²) in [7, 11) is -1.54. The first-order valence-corrected chi connectivity index (χ1v) is 3.65. The van der Waals surface area contributed by atoms with Gasteiger partial charge in [-0.3, -0.25) is 0 Å². The summed E-state index contributed by atoms with van der Waals surface area (Å²) < 4.78 is 22.0. The summed E-state index contributed by atoms with van der Waals surface area (Å²) >= 11 is 0. The number of para-hydroxylation sites is 1. The second-order valence-corrected chi connectivity index (χ2v) is 2.19. The van der Waals surface area contributed by atoms with Crippen molar-refractivity contribution in [1.29, 1.82) is 0 Å². The minimum Gasteiger partial charge on any atom is -0.509 e. The van der Waals surface area contributed by atoms with E-state index in [1.807, 2.05) is 0 Å². The molecule has 0 atom stereocenters. The molecule has 0 radical (unpaired) electrons. The minimum absolute atomic E-state index is 0.0801. The fourth-order valence-corrected chi connectivity index (χ4v) is 0.765. The van der Waals surface area contributed by atoms with Crippen LogP contribution >= 0.6 is 0 Å². The molecule has 0 unspecified atom stereocenters. The lowest BCUT2D eigenvalue weighted by Gasteiger charge is -2.08. The van der Waals surface area contributed by atoms with Gasteiger partial charge in [0.05, 0.1) is 6.73 Å². The zero-order chi connectivity index (χ0) is 9.68. The summed E-state index contributed by atoms with van der Waals surface area (Å²) in [5.74, 6) is -0.648. The predicted octanol–water partition coefficient (Wildman–Crippen LogP) is 0.114. The van der Waals surface area contributed by atoms with Crippen molar-refractivity contribution in [3.63, 3.8) is 0 Å². The summed E-state index contributed by atoms with van der Waals surface area (Å²) in [5.41, 5.74) is 4.97. The Morgan fingerprint density at radius 2 is 2.15 bits per heavy atom. The number of hydrogen-bond acceptors (Lipinski definition) is 4. The van der Waals surface area contributed by atoms with Crippen molar-refractivity contribution >= 4 is 7.32 Å². The van der Waals surface area contributed by atoms with Gasteiger partial charge in [0.2, 0.25) is 0 Å². The lowest BCUT2D eigenvalue weighted by atomic mass is 10.2. The van der Waals surface area contributed by atoms with Crippen LogP contribution in [0.4, 0.5) is 4.39 Å². The van der Waals surface area contributed by atoms with Gasteiger partial charge in [-0.25, -0.2) is 4.39 Å². The van der Waals surface area contributed by atoms with E-state index >= 15 is 0 Å². The summed E-state index contributed by atoms with van der Waals surface area (Å²) in [6.45, 7) is -0.199. The smallest absolute Gasteiger partial charge is 0.509 e. The molecule has 70 valence electrons. The van der Waals surface area contributed by atoms with Gasteiger partial charge in [0.15, 0.2) is 5.82 Å². The molecular formula is C7H9BFNO3. The molecular weight excluding hydrogens is 176 g/mol. The molecule has 0 amide bonds. The van der Waals surface area contributed by atoms with Crippen LogP contribution in [-0.4, -0.2) is 19.1 Å². The maximum absolute atomic E-state index is 12.9. The SMILES string of the molecule is NCOB(O)Oc1ccccc1F. The van der Waals surface area contributed by atoms with Crippen molar-refractivity contribution in [3.05, 3.63) is 30.1 Å². The molecule has 13 heavy (non-hydrogen) atoms. The maximum atomic E-state index is 12.9. The minimum atomic E-state index is -1.54. The summed E-state index contributed by atoms with van der Waals surface area (Å²) in [6.07, 6.45) is 0. The van der Waals surface area contributed by atoms with Crippen LogP contribution in [0.15, 0.2) is 24.3 Å². The van der Waals surface area contributed by atoms with E-state index in [1.165, 1.54) is 18.2 Å². The fourth-order valence-electron chi connectivity index (χ4n) is 0.765. The van der Waals surface area contributed by atoms with Crippen LogP contribution < -0.4 is 10.4 Å². The zero-order valence-electron chi connectivity index (χ0n) is 6.81. The third kappa shape index (κ3) is 3.02. The van der Waals surface area contributed by atoms with Gasteiger partial charge in [0.1, 0.15) is 5.75 Å². The maximum Gasteiger partial charge on any atom is 0.711 e. The molecule has 0 fully saturated rings. The average Bonchev–Trinajstić information content (AvgIpc) is 2.09. The molecule has 0 aliphatic heterocycles. The van der Waals surface area contributed by atoms with E-state index < -0.39 is 13.1 Å². The van der Waals surface area contributed by atoms with Gasteiger partial charge in [0, 0.05) is 0 Å². The first-order valence-electron chi connectivity index (χ1n) is 3.65. The third-order valence-electron chi connectivity index (χ3n) is 1.30. The molecule has 6 heteroatoms. The first kappa shape index (κ1) is 9.98. The van der Waals surface area contributed by atoms with E-state index in [-0.39, 0.29) is 12.5 Å². The second kappa shape index (κ2) is 4.81. The molecule has 0 bridgehead atoms. The van der Waals surface area contributed by atoms with E-state index in [4.69, 9.17) is 10.8 Å². The highest BCUT2D eigenvalue weighted by Crippen LogP contribution is 2.15. The highest BCUT2D eigenvalue weighted by Gasteiger charge is 2.18. The quantitative estimate of drug-likeness (QED) is 0.516. The van der Waals surface area contributed by atoms with Crippen molar-refractivity contribution in [2.24, 2.45) is 5.73 Å². The molecule has 0 spiro atoms. The van der Waals surface area contributed by atoms with Gasteiger partial charge >= 0.3 is 7.32 Å². The van der Waals surface area contributed by atoms with E-state index in [0.717, 1.165) is 0 Å². The van der Waals surface area contributed by atoms with Gasteiger partial charge in [-0.1, -0.05) is 12.1 Å². The number of hydrogen-bond donors (Lipinski definition) is 2. The highest BCUT2D eigenvalue weighted by molar-refractivity contribution is 6.35. The topological polar surface area (TPSA) is 64.7 Å². The van der Waals surface area contributed by atoms with Crippen LogP contribution in [0.3, 0.4) is 0 Å². The lowest BCUT2D eigenvalue weighted by molar-refractivity contribution is 0.196.